The Bertz CT molecular complexity index is 546. The van der Waals surface area contributed by atoms with Crippen LogP contribution in [0.4, 0.5) is 8.78 Å². The Morgan fingerprint density at radius 1 is 1.29 bits per heavy atom. The van der Waals surface area contributed by atoms with Crippen LogP contribution in [0.3, 0.4) is 0 Å². The molecule has 0 spiro atoms. The van der Waals surface area contributed by atoms with Gasteiger partial charge in [0.05, 0.1) is 0 Å². The van der Waals surface area contributed by atoms with E-state index in [2.05, 4.69) is 10.2 Å². The molecule has 1 aliphatic carbocycles. The van der Waals surface area contributed by atoms with Gasteiger partial charge in [-0.15, -0.1) is 10.2 Å². The molecule has 0 radical (unpaired) electrons. The van der Waals surface area contributed by atoms with Crippen LogP contribution in [0.2, 0.25) is 0 Å². The molecule has 0 aliphatic heterocycles. The first kappa shape index (κ1) is 10.4. The van der Waals surface area contributed by atoms with Crippen molar-refractivity contribution >= 4 is 0 Å². The molecule has 0 N–H and O–H groups in total. The van der Waals surface area contributed by atoms with Crippen LogP contribution in [0.15, 0.2) is 24.5 Å². The summed E-state index contributed by atoms with van der Waals surface area (Å²) in [6.07, 6.45) is 4.15. The van der Waals surface area contributed by atoms with Crippen LogP contribution < -0.4 is 0 Å². The summed E-state index contributed by atoms with van der Waals surface area (Å²) in [5.41, 5.74) is 0.319. The maximum Gasteiger partial charge on any atom is 0.162 e. The van der Waals surface area contributed by atoms with Gasteiger partial charge in [-0.05, 0) is 24.5 Å². The van der Waals surface area contributed by atoms with E-state index in [9.17, 15) is 8.78 Å². The third kappa shape index (κ3) is 1.92. The Hall–Kier alpha value is -1.78. The minimum atomic E-state index is -0.819. The fraction of sp³-hybridized carbons (Fsp3) is 0.333. The molecule has 1 aliphatic rings. The van der Waals surface area contributed by atoms with Crippen LogP contribution in [0.5, 0.6) is 0 Å². The summed E-state index contributed by atoms with van der Waals surface area (Å²) in [4.78, 5) is 0. The second-order valence-electron chi connectivity index (χ2n) is 4.28. The van der Waals surface area contributed by atoms with Gasteiger partial charge in [0.2, 0.25) is 0 Å². The molecule has 1 heterocycles. The Kier molecular flexibility index (Phi) is 2.39. The largest absolute Gasteiger partial charge is 0.314 e. The molecule has 1 aromatic heterocycles. The lowest BCUT2D eigenvalue weighted by molar-refractivity contribution is 0.499. The van der Waals surface area contributed by atoms with E-state index in [1.165, 1.54) is 6.07 Å². The van der Waals surface area contributed by atoms with Gasteiger partial charge in [-0.1, -0.05) is 12.1 Å². The molecular weight excluding hydrogens is 224 g/mol. The SMILES string of the molecule is Fc1cccc(Cc2nncn2C2CC2)c1F. The van der Waals surface area contributed by atoms with Crippen LogP contribution in [0.25, 0.3) is 0 Å². The van der Waals surface area contributed by atoms with Crippen LogP contribution in [0, 0.1) is 11.6 Å². The van der Waals surface area contributed by atoms with E-state index in [1.54, 1.807) is 12.4 Å². The van der Waals surface area contributed by atoms with Crippen molar-refractivity contribution in [3.8, 4) is 0 Å². The van der Waals surface area contributed by atoms with Gasteiger partial charge in [0, 0.05) is 12.5 Å². The zero-order valence-electron chi connectivity index (χ0n) is 9.11. The summed E-state index contributed by atoms with van der Waals surface area (Å²) < 4.78 is 28.5. The number of aromatic nitrogens is 3. The van der Waals surface area contributed by atoms with Gasteiger partial charge >= 0.3 is 0 Å². The average molecular weight is 235 g/mol. The lowest BCUT2D eigenvalue weighted by Gasteiger charge is -2.05. The first-order valence-electron chi connectivity index (χ1n) is 5.57. The zero-order chi connectivity index (χ0) is 11.8. The molecule has 17 heavy (non-hydrogen) atoms. The van der Waals surface area contributed by atoms with Gasteiger partial charge in [-0.2, -0.15) is 0 Å². The molecule has 0 amide bonds. The molecule has 1 fully saturated rings. The normalized spacial score (nSPS) is 15.2. The van der Waals surface area contributed by atoms with Gasteiger partial charge in [-0.25, -0.2) is 8.78 Å². The summed E-state index contributed by atoms with van der Waals surface area (Å²) in [7, 11) is 0. The predicted octanol–water partition coefficient (Wildman–Crippen LogP) is 2.48. The highest BCUT2D eigenvalue weighted by molar-refractivity contribution is 5.22. The molecule has 2 aromatic rings. The predicted molar refractivity (Wildman–Crippen MR) is 57.5 cm³/mol. The van der Waals surface area contributed by atoms with E-state index in [0.29, 0.717) is 17.4 Å². The summed E-state index contributed by atoms with van der Waals surface area (Å²) in [5.74, 6) is -0.921. The molecule has 0 saturated heterocycles. The lowest BCUT2D eigenvalue weighted by Crippen LogP contribution is -2.04. The smallest absolute Gasteiger partial charge is 0.162 e. The number of hydrogen-bond donors (Lipinski definition) is 0. The third-order valence-electron chi connectivity index (χ3n) is 2.97. The standard InChI is InChI=1S/C12H11F2N3/c13-10-3-1-2-8(12(10)14)6-11-16-15-7-17(11)9-4-5-9/h1-3,7,9H,4-6H2. The molecule has 5 heteroatoms. The van der Waals surface area contributed by atoms with Crippen molar-refractivity contribution in [3.63, 3.8) is 0 Å². The Balaban J connectivity index is 1.91. The first-order chi connectivity index (χ1) is 8.25. The summed E-state index contributed by atoms with van der Waals surface area (Å²) in [6, 6.07) is 4.64. The molecule has 88 valence electrons. The van der Waals surface area contributed by atoms with Crippen LogP contribution in [0.1, 0.15) is 30.3 Å². The van der Waals surface area contributed by atoms with Gasteiger partial charge in [0.25, 0.3) is 0 Å². The van der Waals surface area contributed by atoms with E-state index in [0.717, 1.165) is 18.9 Å². The van der Waals surface area contributed by atoms with Crippen molar-refractivity contribution in [2.45, 2.75) is 25.3 Å². The highest BCUT2D eigenvalue weighted by Crippen LogP contribution is 2.35. The van der Waals surface area contributed by atoms with E-state index >= 15 is 0 Å². The van der Waals surface area contributed by atoms with Crippen molar-refractivity contribution in [2.24, 2.45) is 0 Å². The highest BCUT2D eigenvalue weighted by atomic mass is 19.2. The molecular formula is C12H11F2N3. The van der Waals surface area contributed by atoms with Crippen molar-refractivity contribution in [2.75, 3.05) is 0 Å². The number of benzene rings is 1. The molecule has 1 aromatic carbocycles. The van der Waals surface area contributed by atoms with Crippen LogP contribution >= 0.6 is 0 Å². The fourth-order valence-corrected chi connectivity index (χ4v) is 1.91. The molecule has 0 bridgehead atoms. The number of rotatable bonds is 3. The van der Waals surface area contributed by atoms with E-state index in [1.807, 2.05) is 4.57 Å². The molecule has 1 saturated carbocycles. The van der Waals surface area contributed by atoms with Crippen molar-refractivity contribution in [1.82, 2.24) is 14.8 Å². The summed E-state index contributed by atoms with van der Waals surface area (Å²) in [6.45, 7) is 0. The van der Waals surface area contributed by atoms with Gasteiger partial charge in [0.1, 0.15) is 12.2 Å². The van der Waals surface area contributed by atoms with E-state index in [4.69, 9.17) is 0 Å². The maximum absolute atomic E-state index is 13.5. The Labute approximate surface area is 97.1 Å². The van der Waals surface area contributed by atoms with Crippen LogP contribution in [-0.2, 0) is 6.42 Å². The summed E-state index contributed by atoms with van der Waals surface area (Å²) in [5, 5.41) is 7.80. The van der Waals surface area contributed by atoms with Crippen molar-refractivity contribution in [3.05, 3.63) is 47.5 Å². The second-order valence-corrected chi connectivity index (χ2v) is 4.28. The fourth-order valence-electron chi connectivity index (χ4n) is 1.91. The summed E-state index contributed by atoms with van der Waals surface area (Å²) >= 11 is 0. The Morgan fingerprint density at radius 3 is 2.88 bits per heavy atom. The number of halogens is 2. The number of hydrogen-bond acceptors (Lipinski definition) is 2. The molecule has 3 nitrogen and oxygen atoms in total. The van der Waals surface area contributed by atoms with E-state index in [-0.39, 0.29) is 6.42 Å². The molecule has 0 atom stereocenters. The third-order valence-corrected chi connectivity index (χ3v) is 2.97. The minimum Gasteiger partial charge on any atom is -0.314 e. The monoisotopic (exact) mass is 235 g/mol. The second kappa shape index (κ2) is 3.91. The van der Waals surface area contributed by atoms with E-state index < -0.39 is 11.6 Å². The minimum absolute atomic E-state index is 0.278. The van der Waals surface area contributed by atoms with Crippen molar-refractivity contribution < 1.29 is 8.78 Å². The molecule has 3 rings (SSSR count). The lowest BCUT2D eigenvalue weighted by atomic mass is 10.1. The van der Waals surface area contributed by atoms with Crippen LogP contribution in [-0.4, -0.2) is 14.8 Å². The van der Waals surface area contributed by atoms with Gasteiger partial charge in [0.15, 0.2) is 11.6 Å². The first-order valence-corrected chi connectivity index (χ1v) is 5.57. The molecule has 0 unspecified atom stereocenters. The van der Waals surface area contributed by atoms with Crippen molar-refractivity contribution in [1.29, 1.82) is 0 Å². The van der Waals surface area contributed by atoms with Gasteiger partial charge in [-0.3, -0.25) is 0 Å². The Morgan fingerprint density at radius 2 is 2.12 bits per heavy atom. The highest BCUT2D eigenvalue weighted by Gasteiger charge is 2.26. The quantitative estimate of drug-likeness (QED) is 0.818. The zero-order valence-corrected chi connectivity index (χ0v) is 9.11. The number of nitrogens with zero attached hydrogens (tertiary/aromatic N) is 3. The van der Waals surface area contributed by atoms with Gasteiger partial charge < -0.3 is 4.57 Å². The average Bonchev–Trinajstić information content (AvgIpc) is 3.06. The topological polar surface area (TPSA) is 30.7 Å². The maximum atomic E-state index is 13.5.